The molecule has 0 radical (unpaired) electrons. The highest BCUT2D eigenvalue weighted by Crippen LogP contribution is 2.53. The van der Waals surface area contributed by atoms with Gasteiger partial charge in [-0.05, 0) is 36.2 Å². The fourth-order valence-corrected chi connectivity index (χ4v) is 5.38. The van der Waals surface area contributed by atoms with Gasteiger partial charge in [-0.25, -0.2) is 0 Å². The van der Waals surface area contributed by atoms with Crippen molar-refractivity contribution in [1.82, 2.24) is 0 Å². The van der Waals surface area contributed by atoms with E-state index in [1.54, 1.807) is 18.9 Å². The summed E-state index contributed by atoms with van der Waals surface area (Å²) in [7, 11) is 1.65. The largest absolute Gasteiger partial charge is 0.493 e. The summed E-state index contributed by atoms with van der Waals surface area (Å²) in [6.07, 6.45) is 0.925. The van der Waals surface area contributed by atoms with Crippen LogP contribution in [0.25, 0.3) is 5.70 Å². The lowest BCUT2D eigenvalue weighted by molar-refractivity contribution is 0.103. The molecule has 5 heteroatoms. The molecule has 0 unspecified atom stereocenters. The number of ketones is 1. The van der Waals surface area contributed by atoms with Crippen molar-refractivity contribution in [3.05, 3.63) is 89.0 Å². The van der Waals surface area contributed by atoms with Crippen LogP contribution in [-0.4, -0.2) is 19.5 Å². The Hall–Kier alpha value is -3.18. The van der Waals surface area contributed by atoms with Crippen LogP contribution in [0, 0.1) is 0 Å². The summed E-state index contributed by atoms with van der Waals surface area (Å²) >= 11 is 1.69. The first-order chi connectivity index (χ1) is 15.2. The zero-order valence-electron chi connectivity index (χ0n) is 17.5. The normalized spacial score (nSPS) is 16.7. The van der Waals surface area contributed by atoms with E-state index in [2.05, 4.69) is 24.4 Å². The van der Waals surface area contributed by atoms with E-state index >= 15 is 0 Å². The molecule has 0 saturated heterocycles. The van der Waals surface area contributed by atoms with Crippen LogP contribution in [0.2, 0.25) is 0 Å². The number of benzene rings is 3. The molecule has 1 heterocycles. The molecule has 0 aromatic heterocycles. The Morgan fingerprint density at radius 2 is 1.74 bits per heavy atom. The van der Waals surface area contributed by atoms with Crippen LogP contribution >= 0.6 is 11.8 Å². The summed E-state index contributed by atoms with van der Waals surface area (Å²) in [5.74, 6) is 1.48. The molecule has 1 aliphatic heterocycles. The number of para-hydroxylation sites is 1. The standard InChI is InChI=1S/C26H23NO3S/c1-3-14-30-20-13-12-16(15-21(20)29-2)26-23-24(17-8-4-5-9-18(17)25(23)28)27-19-10-6-7-11-22(19)31-26/h4-13,15,26-27H,3,14H2,1-2H3/t26-/m0/s1. The Bertz CT molecular complexity index is 1200. The van der Waals surface area contributed by atoms with E-state index in [0.717, 1.165) is 50.7 Å². The van der Waals surface area contributed by atoms with Gasteiger partial charge in [0.15, 0.2) is 17.3 Å². The van der Waals surface area contributed by atoms with Gasteiger partial charge in [0.1, 0.15) is 0 Å². The maximum absolute atomic E-state index is 13.5. The summed E-state index contributed by atoms with van der Waals surface area (Å²) in [6.45, 7) is 2.71. The third-order valence-electron chi connectivity index (χ3n) is 5.56. The molecule has 1 atom stereocenters. The monoisotopic (exact) mass is 429 g/mol. The van der Waals surface area contributed by atoms with E-state index in [0.29, 0.717) is 12.4 Å². The Balaban J connectivity index is 1.65. The molecule has 0 amide bonds. The fraction of sp³-hybridized carbons (Fsp3) is 0.192. The minimum atomic E-state index is -0.167. The lowest BCUT2D eigenvalue weighted by Crippen LogP contribution is -2.08. The predicted molar refractivity (Wildman–Crippen MR) is 125 cm³/mol. The summed E-state index contributed by atoms with van der Waals surface area (Å²) in [5, 5.41) is 3.39. The summed E-state index contributed by atoms with van der Waals surface area (Å²) in [4.78, 5) is 14.6. The second-order valence-corrected chi connectivity index (χ2v) is 8.69. The van der Waals surface area contributed by atoms with Gasteiger partial charge in [-0.2, -0.15) is 0 Å². The maximum Gasteiger partial charge on any atom is 0.193 e. The van der Waals surface area contributed by atoms with E-state index in [4.69, 9.17) is 9.47 Å². The number of thioether (sulfide) groups is 1. The lowest BCUT2D eigenvalue weighted by Gasteiger charge is -2.19. The number of methoxy groups -OCH3 is 1. The molecule has 1 aliphatic carbocycles. The minimum Gasteiger partial charge on any atom is -0.493 e. The van der Waals surface area contributed by atoms with Gasteiger partial charge in [-0.15, -0.1) is 11.8 Å². The van der Waals surface area contributed by atoms with Crippen molar-refractivity contribution >= 4 is 28.9 Å². The fourth-order valence-electron chi connectivity index (χ4n) is 4.09. The number of carbonyl (C=O) groups excluding carboxylic acids is 1. The molecule has 0 bridgehead atoms. The van der Waals surface area contributed by atoms with Crippen LogP contribution in [0.5, 0.6) is 11.5 Å². The quantitative estimate of drug-likeness (QED) is 0.512. The van der Waals surface area contributed by atoms with Gasteiger partial charge < -0.3 is 14.8 Å². The van der Waals surface area contributed by atoms with E-state index in [1.807, 2.05) is 54.6 Å². The Morgan fingerprint density at radius 3 is 2.55 bits per heavy atom. The summed E-state index contributed by atoms with van der Waals surface area (Å²) < 4.78 is 11.5. The highest BCUT2D eigenvalue weighted by atomic mass is 32.2. The number of hydrogen-bond acceptors (Lipinski definition) is 5. The van der Waals surface area contributed by atoms with Crippen molar-refractivity contribution in [3.63, 3.8) is 0 Å². The first-order valence-corrected chi connectivity index (χ1v) is 11.3. The number of fused-ring (bicyclic) bond motifs is 3. The van der Waals surface area contributed by atoms with Crippen molar-refractivity contribution in [2.75, 3.05) is 19.0 Å². The predicted octanol–water partition coefficient (Wildman–Crippen LogP) is 6.35. The molecule has 156 valence electrons. The summed E-state index contributed by atoms with van der Waals surface area (Å²) in [5.41, 5.74) is 5.42. The molecule has 31 heavy (non-hydrogen) atoms. The van der Waals surface area contributed by atoms with Crippen molar-refractivity contribution < 1.29 is 14.3 Å². The molecular formula is C26H23NO3S. The Labute approximate surface area is 186 Å². The number of Topliss-reactive ketones (excluding diaryl/α,β-unsaturated/α-hetero) is 1. The topological polar surface area (TPSA) is 47.6 Å². The van der Waals surface area contributed by atoms with Gasteiger partial charge in [0.2, 0.25) is 0 Å². The van der Waals surface area contributed by atoms with Gasteiger partial charge in [-0.3, -0.25) is 4.79 Å². The van der Waals surface area contributed by atoms with Gasteiger partial charge in [-0.1, -0.05) is 49.4 Å². The van der Waals surface area contributed by atoms with Crippen LogP contribution in [0.3, 0.4) is 0 Å². The number of anilines is 1. The van der Waals surface area contributed by atoms with Gasteiger partial charge in [0.25, 0.3) is 0 Å². The van der Waals surface area contributed by atoms with Crippen molar-refractivity contribution in [2.45, 2.75) is 23.5 Å². The zero-order valence-corrected chi connectivity index (χ0v) is 18.3. The molecule has 0 saturated carbocycles. The molecule has 3 aromatic rings. The van der Waals surface area contributed by atoms with Crippen LogP contribution < -0.4 is 14.8 Å². The van der Waals surface area contributed by atoms with E-state index < -0.39 is 0 Å². The van der Waals surface area contributed by atoms with Gasteiger partial charge in [0.05, 0.1) is 30.4 Å². The lowest BCUT2D eigenvalue weighted by atomic mass is 10.0. The molecule has 5 rings (SSSR count). The van der Waals surface area contributed by atoms with Crippen molar-refractivity contribution in [3.8, 4) is 11.5 Å². The van der Waals surface area contributed by atoms with Crippen LogP contribution in [-0.2, 0) is 0 Å². The van der Waals surface area contributed by atoms with E-state index in [1.165, 1.54) is 0 Å². The zero-order chi connectivity index (χ0) is 21.4. The number of nitrogens with one attached hydrogen (secondary N) is 1. The third-order valence-corrected chi connectivity index (χ3v) is 6.91. The van der Waals surface area contributed by atoms with Crippen molar-refractivity contribution in [2.24, 2.45) is 0 Å². The van der Waals surface area contributed by atoms with E-state index in [9.17, 15) is 4.79 Å². The van der Waals surface area contributed by atoms with Crippen LogP contribution in [0.15, 0.2) is 77.2 Å². The smallest absolute Gasteiger partial charge is 0.193 e. The van der Waals surface area contributed by atoms with Crippen molar-refractivity contribution in [1.29, 1.82) is 0 Å². The van der Waals surface area contributed by atoms with E-state index in [-0.39, 0.29) is 11.0 Å². The number of hydrogen-bond donors (Lipinski definition) is 1. The van der Waals surface area contributed by atoms with Gasteiger partial charge >= 0.3 is 0 Å². The molecular weight excluding hydrogens is 406 g/mol. The summed E-state index contributed by atoms with van der Waals surface area (Å²) in [6, 6.07) is 22.0. The second-order valence-electron chi connectivity index (χ2n) is 7.54. The number of carbonyl (C=O) groups is 1. The number of ether oxygens (including phenoxy) is 2. The van der Waals surface area contributed by atoms with Crippen LogP contribution in [0.4, 0.5) is 5.69 Å². The second kappa shape index (κ2) is 8.16. The average molecular weight is 430 g/mol. The average Bonchev–Trinajstić information content (AvgIpc) is 2.97. The molecule has 0 fully saturated rings. The molecule has 2 aliphatic rings. The molecule has 1 N–H and O–H groups in total. The first kappa shape index (κ1) is 19.8. The maximum atomic E-state index is 13.5. The van der Waals surface area contributed by atoms with Crippen LogP contribution in [0.1, 0.15) is 40.1 Å². The highest BCUT2D eigenvalue weighted by Gasteiger charge is 2.38. The molecule has 3 aromatic carbocycles. The number of rotatable bonds is 5. The first-order valence-electron chi connectivity index (χ1n) is 10.4. The minimum absolute atomic E-state index is 0.0775. The molecule has 4 nitrogen and oxygen atoms in total. The highest BCUT2D eigenvalue weighted by molar-refractivity contribution is 8.00. The third kappa shape index (κ3) is 3.39. The SMILES string of the molecule is CCCOc1ccc([C@@H]2Sc3ccccc3NC3=C2C(=O)c2ccccc23)cc1OC. The molecule has 0 spiro atoms. The van der Waals surface area contributed by atoms with Gasteiger partial charge in [0, 0.05) is 21.6 Å². The Morgan fingerprint density at radius 1 is 0.968 bits per heavy atom. The Kier molecular flexibility index (Phi) is 5.20.